The number of carboxylic acid groups (broad SMARTS) is 1. The minimum Gasteiger partial charge on any atom is -0.480 e. The van der Waals surface area contributed by atoms with Crippen LogP contribution in [-0.4, -0.2) is 29.4 Å². The van der Waals surface area contributed by atoms with E-state index in [2.05, 4.69) is 0 Å². The van der Waals surface area contributed by atoms with Crippen molar-refractivity contribution in [1.29, 1.82) is 0 Å². The zero-order chi connectivity index (χ0) is 11.3. The van der Waals surface area contributed by atoms with Crippen LogP contribution in [0.1, 0.15) is 10.1 Å². The Labute approximate surface area is 96.7 Å². The first-order chi connectivity index (χ1) is 7.15. The van der Waals surface area contributed by atoms with Crippen LogP contribution >= 0.6 is 23.1 Å². The van der Waals surface area contributed by atoms with E-state index in [4.69, 9.17) is 16.6 Å². The van der Waals surface area contributed by atoms with Crippen molar-refractivity contribution in [1.82, 2.24) is 0 Å². The maximum atomic E-state index is 10.5. The molecular weight excluding hydrogens is 232 g/mol. The van der Waals surface area contributed by atoms with Gasteiger partial charge in [-0.1, -0.05) is 6.07 Å². The molecule has 0 aliphatic heterocycles. The van der Waals surface area contributed by atoms with Gasteiger partial charge in [-0.3, -0.25) is 4.79 Å². The van der Waals surface area contributed by atoms with Crippen LogP contribution < -0.4 is 11.5 Å². The zero-order valence-electron chi connectivity index (χ0n) is 8.13. The fourth-order valence-electron chi connectivity index (χ4n) is 1.03. The van der Waals surface area contributed by atoms with Crippen molar-refractivity contribution in [2.24, 2.45) is 11.5 Å². The molecule has 0 aromatic carbocycles. The van der Waals surface area contributed by atoms with Gasteiger partial charge in [0.05, 0.1) is 5.25 Å². The highest BCUT2D eigenvalue weighted by atomic mass is 32.2. The molecule has 0 aliphatic carbocycles. The quantitative estimate of drug-likeness (QED) is 0.693. The largest absolute Gasteiger partial charge is 0.480 e. The Morgan fingerprint density at radius 2 is 2.40 bits per heavy atom. The van der Waals surface area contributed by atoms with E-state index < -0.39 is 12.0 Å². The summed E-state index contributed by atoms with van der Waals surface area (Å²) >= 11 is 3.12. The molecule has 0 aliphatic rings. The molecule has 0 bridgehead atoms. The number of nitrogens with two attached hydrogens (primary N) is 2. The van der Waals surface area contributed by atoms with E-state index in [1.54, 1.807) is 11.3 Å². The van der Waals surface area contributed by atoms with Crippen LogP contribution in [0.2, 0.25) is 0 Å². The van der Waals surface area contributed by atoms with E-state index in [-0.39, 0.29) is 5.25 Å². The molecule has 15 heavy (non-hydrogen) atoms. The zero-order valence-corrected chi connectivity index (χ0v) is 9.76. The molecule has 1 aromatic heterocycles. The third-order valence-electron chi connectivity index (χ3n) is 1.87. The minimum atomic E-state index is -0.968. The maximum Gasteiger partial charge on any atom is 0.321 e. The highest BCUT2D eigenvalue weighted by Crippen LogP contribution is 2.31. The lowest BCUT2D eigenvalue weighted by atomic mass is 10.3. The molecule has 0 saturated heterocycles. The van der Waals surface area contributed by atoms with Crippen molar-refractivity contribution in [3.8, 4) is 0 Å². The topological polar surface area (TPSA) is 89.3 Å². The second-order valence-electron chi connectivity index (χ2n) is 3.02. The highest BCUT2D eigenvalue weighted by molar-refractivity contribution is 7.99. The summed E-state index contributed by atoms with van der Waals surface area (Å²) in [7, 11) is 0. The van der Waals surface area contributed by atoms with Gasteiger partial charge in [0.25, 0.3) is 0 Å². The Morgan fingerprint density at radius 1 is 1.67 bits per heavy atom. The summed E-state index contributed by atoms with van der Waals surface area (Å²) in [6.45, 7) is 0.498. The monoisotopic (exact) mass is 246 g/mol. The molecule has 1 rings (SSSR count). The maximum absolute atomic E-state index is 10.5. The van der Waals surface area contributed by atoms with Crippen LogP contribution in [0, 0.1) is 0 Å². The van der Waals surface area contributed by atoms with Crippen molar-refractivity contribution in [2.75, 3.05) is 12.3 Å². The lowest BCUT2D eigenvalue weighted by Gasteiger charge is -2.14. The van der Waals surface area contributed by atoms with Gasteiger partial charge in [0, 0.05) is 17.2 Å². The Kier molecular flexibility index (Phi) is 5.10. The van der Waals surface area contributed by atoms with E-state index in [0.717, 1.165) is 0 Å². The van der Waals surface area contributed by atoms with Crippen LogP contribution in [0.15, 0.2) is 17.5 Å². The summed E-state index contributed by atoms with van der Waals surface area (Å²) in [6.07, 6.45) is 0. The van der Waals surface area contributed by atoms with Crippen molar-refractivity contribution in [3.05, 3.63) is 22.4 Å². The number of hydrogen-bond donors (Lipinski definition) is 3. The Hall–Kier alpha value is -0.560. The summed E-state index contributed by atoms with van der Waals surface area (Å²) in [5.41, 5.74) is 11.0. The molecule has 1 unspecified atom stereocenters. The molecule has 1 aromatic rings. The highest BCUT2D eigenvalue weighted by Gasteiger charge is 2.16. The van der Waals surface area contributed by atoms with Gasteiger partial charge in [-0.2, -0.15) is 0 Å². The molecule has 4 nitrogen and oxygen atoms in total. The van der Waals surface area contributed by atoms with E-state index in [1.807, 2.05) is 17.5 Å². The summed E-state index contributed by atoms with van der Waals surface area (Å²) in [5.74, 6) is -0.584. The standard InChI is InChI=1S/C9H14N2O2S2/c10-4-8(7-2-1-3-14-7)15-5-6(11)9(12)13/h1-3,6,8H,4-5,10-11H2,(H,12,13)/t6-,8?/m0/s1. The van der Waals surface area contributed by atoms with E-state index in [1.165, 1.54) is 16.6 Å². The third-order valence-corrected chi connectivity index (χ3v) is 4.40. The summed E-state index contributed by atoms with van der Waals surface area (Å²) in [5, 5.41) is 10.8. The SMILES string of the molecule is NCC(SC[C@H](N)C(=O)O)c1cccs1. The molecule has 0 spiro atoms. The normalized spacial score (nSPS) is 14.8. The Morgan fingerprint density at radius 3 is 2.87 bits per heavy atom. The van der Waals surface area contributed by atoms with Gasteiger partial charge in [-0.15, -0.1) is 23.1 Å². The molecule has 0 fully saturated rings. The first-order valence-corrected chi connectivity index (χ1v) is 6.41. The van der Waals surface area contributed by atoms with Gasteiger partial charge < -0.3 is 16.6 Å². The molecule has 2 atom stereocenters. The fourth-order valence-corrected chi connectivity index (χ4v) is 3.08. The Bertz CT molecular complexity index is 303. The Balaban J connectivity index is 2.45. The first-order valence-electron chi connectivity index (χ1n) is 4.48. The fraction of sp³-hybridized carbons (Fsp3) is 0.444. The smallest absolute Gasteiger partial charge is 0.321 e. The summed E-state index contributed by atoms with van der Waals surface area (Å²) in [4.78, 5) is 11.7. The van der Waals surface area contributed by atoms with Crippen molar-refractivity contribution in [3.63, 3.8) is 0 Å². The number of hydrogen-bond acceptors (Lipinski definition) is 5. The van der Waals surface area contributed by atoms with E-state index >= 15 is 0 Å². The van der Waals surface area contributed by atoms with Crippen LogP contribution in [0.3, 0.4) is 0 Å². The minimum absolute atomic E-state index is 0.149. The van der Waals surface area contributed by atoms with Crippen LogP contribution in [0.5, 0.6) is 0 Å². The van der Waals surface area contributed by atoms with Crippen LogP contribution in [0.4, 0.5) is 0 Å². The predicted molar refractivity (Wildman–Crippen MR) is 64.2 cm³/mol. The molecule has 84 valence electrons. The van der Waals surface area contributed by atoms with Crippen molar-refractivity contribution in [2.45, 2.75) is 11.3 Å². The van der Waals surface area contributed by atoms with Crippen molar-refractivity contribution < 1.29 is 9.90 Å². The average Bonchev–Trinajstić information content (AvgIpc) is 2.71. The van der Waals surface area contributed by atoms with E-state index in [0.29, 0.717) is 12.3 Å². The molecule has 0 radical (unpaired) electrons. The summed E-state index contributed by atoms with van der Waals surface area (Å²) in [6, 6.07) is 3.14. The van der Waals surface area contributed by atoms with Gasteiger partial charge in [-0.05, 0) is 11.4 Å². The lowest BCUT2D eigenvalue weighted by Crippen LogP contribution is -2.33. The third kappa shape index (κ3) is 3.83. The molecular formula is C9H14N2O2S2. The molecule has 6 heteroatoms. The number of thioether (sulfide) groups is 1. The number of aliphatic carboxylic acids is 1. The molecule has 1 heterocycles. The van der Waals surface area contributed by atoms with Gasteiger partial charge in [0.2, 0.25) is 0 Å². The van der Waals surface area contributed by atoms with Gasteiger partial charge >= 0.3 is 5.97 Å². The predicted octanol–water partition coefficient (Wildman–Crippen LogP) is 0.893. The van der Waals surface area contributed by atoms with Crippen LogP contribution in [-0.2, 0) is 4.79 Å². The van der Waals surface area contributed by atoms with Gasteiger partial charge in [-0.25, -0.2) is 0 Å². The average molecular weight is 246 g/mol. The second kappa shape index (κ2) is 6.12. The second-order valence-corrected chi connectivity index (χ2v) is 5.23. The number of carbonyl (C=O) groups is 1. The lowest BCUT2D eigenvalue weighted by molar-refractivity contribution is -0.137. The number of rotatable bonds is 6. The molecule has 5 N–H and O–H groups in total. The van der Waals surface area contributed by atoms with Gasteiger partial charge in [0.1, 0.15) is 6.04 Å². The first kappa shape index (κ1) is 12.5. The molecule has 0 amide bonds. The van der Waals surface area contributed by atoms with Gasteiger partial charge in [0.15, 0.2) is 0 Å². The molecule has 0 saturated carbocycles. The van der Waals surface area contributed by atoms with Crippen LogP contribution in [0.25, 0.3) is 0 Å². The van der Waals surface area contributed by atoms with E-state index in [9.17, 15) is 4.79 Å². The van der Waals surface area contributed by atoms with Crippen molar-refractivity contribution >= 4 is 29.1 Å². The number of thiophene rings is 1. The number of carboxylic acids is 1. The summed E-state index contributed by atoms with van der Waals surface area (Å²) < 4.78 is 0.